The maximum atomic E-state index is 11.8. The van der Waals surface area contributed by atoms with Gasteiger partial charge in [-0.2, -0.15) is 11.8 Å². The van der Waals surface area contributed by atoms with Crippen LogP contribution in [-0.4, -0.2) is 40.6 Å². The van der Waals surface area contributed by atoms with Crippen molar-refractivity contribution in [2.45, 2.75) is 26.0 Å². The Balaban J connectivity index is 2.41. The molecule has 0 bridgehead atoms. The van der Waals surface area contributed by atoms with E-state index in [1.165, 1.54) is 6.07 Å². The summed E-state index contributed by atoms with van der Waals surface area (Å²) in [6.45, 7) is 4.15. The molecule has 0 aliphatic rings. The van der Waals surface area contributed by atoms with Crippen molar-refractivity contribution in [2.75, 3.05) is 11.5 Å². The highest BCUT2D eigenvalue weighted by atomic mass is 35.5. The molecule has 0 aromatic heterocycles. The lowest BCUT2D eigenvalue weighted by molar-refractivity contribution is -0.130. The third kappa shape index (κ3) is 7.22. The third-order valence-corrected chi connectivity index (χ3v) is 4.58. The Hall–Kier alpha value is -1.28. The molecule has 1 rings (SSSR count). The molecule has 1 aromatic carbocycles. The van der Waals surface area contributed by atoms with Crippen molar-refractivity contribution in [1.82, 2.24) is 10.9 Å². The maximum Gasteiger partial charge on any atom is 0.269 e. The van der Waals surface area contributed by atoms with Crippen molar-refractivity contribution in [3.63, 3.8) is 0 Å². The summed E-state index contributed by atoms with van der Waals surface area (Å²) in [5, 5.41) is 10.3. The zero-order valence-electron chi connectivity index (χ0n) is 13.1. The summed E-state index contributed by atoms with van der Waals surface area (Å²) in [7, 11) is 0. The minimum Gasteiger partial charge on any atom is -0.382 e. The predicted molar refractivity (Wildman–Crippen MR) is 93.2 cm³/mol. The van der Waals surface area contributed by atoms with E-state index in [0.717, 1.165) is 5.75 Å². The van der Waals surface area contributed by atoms with E-state index in [1.54, 1.807) is 30.0 Å². The van der Waals surface area contributed by atoms with Gasteiger partial charge in [0.1, 0.15) is 6.10 Å². The van der Waals surface area contributed by atoms with Crippen LogP contribution in [0, 0.1) is 5.92 Å². The zero-order valence-corrected chi connectivity index (χ0v) is 14.7. The highest BCUT2D eigenvalue weighted by Gasteiger charge is 2.23. The molecule has 0 saturated carbocycles. The molecule has 0 fully saturated rings. The molecule has 0 heterocycles. The highest BCUT2D eigenvalue weighted by Crippen LogP contribution is 2.11. The Labute approximate surface area is 145 Å². The Kier molecular flexibility index (Phi) is 8.40. The van der Waals surface area contributed by atoms with Crippen LogP contribution in [0.3, 0.4) is 0 Å². The molecule has 1 aromatic rings. The second kappa shape index (κ2) is 9.77. The molecular weight excluding hydrogens is 338 g/mol. The minimum absolute atomic E-state index is 0.295. The van der Waals surface area contributed by atoms with E-state index in [9.17, 15) is 14.7 Å². The Bertz CT molecular complexity index is 542. The van der Waals surface area contributed by atoms with E-state index in [4.69, 9.17) is 17.3 Å². The molecule has 0 saturated heterocycles. The standard InChI is InChI=1S/C15H22ClN3O3S/c1-9(2)7-23-8-12(17)13(20)15(22)19-18-14(21)10-4-3-5-11(16)6-10/h3-6,9,12-13,20H,7-8,17H2,1-2H3,(H,18,21)(H,19,22)/t12-,13?/m1/s1. The molecule has 8 heteroatoms. The van der Waals surface area contributed by atoms with E-state index in [2.05, 4.69) is 24.7 Å². The molecule has 2 atom stereocenters. The summed E-state index contributed by atoms with van der Waals surface area (Å²) >= 11 is 7.36. The number of benzene rings is 1. The van der Waals surface area contributed by atoms with Crippen LogP contribution in [0.4, 0.5) is 0 Å². The van der Waals surface area contributed by atoms with Gasteiger partial charge in [0.2, 0.25) is 0 Å². The highest BCUT2D eigenvalue weighted by molar-refractivity contribution is 7.99. The van der Waals surface area contributed by atoms with Crippen LogP contribution in [0.2, 0.25) is 5.02 Å². The third-order valence-electron chi connectivity index (χ3n) is 2.82. The first-order valence-electron chi connectivity index (χ1n) is 7.18. The van der Waals surface area contributed by atoms with Crippen molar-refractivity contribution < 1.29 is 14.7 Å². The number of rotatable bonds is 7. The summed E-state index contributed by atoms with van der Waals surface area (Å²) in [5.74, 6) is 0.576. The zero-order chi connectivity index (χ0) is 17.4. The number of hydrazine groups is 1. The number of hydrogen-bond acceptors (Lipinski definition) is 5. The number of amides is 2. The number of thioether (sulfide) groups is 1. The van der Waals surface area contributed by atoms with Crippen molar-refractivity contribution in [2.24, 2.45) is 11.7 Å². The molecule has 0 aliphatic carbocycles. The molecule has 128 valence electrons. The SMILES string of the molecule is CC(C)CSC[C@@H](N)C(O)C(=O)NNC(=O)c1cccc(Cl)c1. The number of halogens is 1. The molecule has 5 N–H and O–H groups in total. The van der Waals surface area contributed by atoms with Crippen LogP contribution < -0.4 is 16.6 Å². The first-order chi connectivity index (χ1) is 10.8. The molecule has 0 aliphatic heterocycles. The van der Waals surface area contributed by atoms with Crippen LogP contribution in [0.25, 0.3) is 0 Å². The Morgan fingerprint density at radius 1 is 1.30 bits per heavy atom. The Morgan fingerprint density at radius 3 is 2.61 bits per heavy atom. The van der Waals surface area contributed by atoms with Gasteiger partial charge in [-0.15, -0.1) is 0 Å². The number of hydrogen-bond donors (Lipinski definition) is 4. The summed E-state index contributed by atoms with van der Waals surface area (Å²) in [6, 6.07) is 5.57. The van der Waals surface area contributed by atoms with Crippen molar-refractivity contribution in [3.8, 4) is 0 Å². The topological polar surface area (TPSA) is 104 Å². The summed E-state index contributed by atoms with van der Waals surface area (Å²) in [6.07, 6.45) is -1.39. The van der Waals surface area contributed by atoms with Crippen molar-refractivity contribution in [1.29, 1.82) is 0 Å². The molecule has 2 amide bonds. The van der Waals surface area contributed by atoms with Gasteiger partial charge in [-0.3, -0.25) is 20.4 Å². The molecular formula is C15H22ClN3O3S. The van der Waals surface area contributed by atoms with Gasteiger partial charge in [0.05, 0.1) is 0 Å². The van der Waals surface area contributed by atoms with Crippen LogP contribution in [0.1, 0.15) is 24.2 Å². The van der Waals surface area contributed by atoms with Gasteiger partial charge in [-0.05, 0) is 29.9 Å². The smallest absolute Gasteiger partial charge is 0.269 e. The van der Waals surface area contributed by atoms with Gasteiger partial charge >= 0.3 is 0 Å². The number of nitrogens with two attached hydrogens (primary N) is 1. The van der Waals surface area contributed by atoms with Gasteiger partial charge in [0.25, 0.3) is 11.8 Å². The van der Waals surface area contributed by atoms with E-state index >= 15 is 0 Å². The monoisotopic (exact) mass is 359 g/mol. The predicted octanol–water partition coefficient (Wildman–Crippen LogP) is 1.18. The van der Waals surface area contributed by atoms with E-state index in [0.29, 0.717) is 22.3 Å². The summed E-state index contributed by atoms with van der Waals surface area (Å²) in [5.41, 5.74) is 10.5. The average Bonchev–Trinajstić information content (AvgIpc) is 2.50. The lowest BCUT2D eigenvalue weighted by Gasteiger charge is -2.18. The largest absolute Gasteiger partial charge is 0.382 e. The molecule has 23 heavy (non-hydrogen) atoms. The van der Waals surface area contributed by atoms with Crippen LogP contribution in [0.5, 0.6) is 0 Å². The van der Waals surface area contributed by atoms with Gasteiger partial charge < -0.3 is 10.8 Å². The van der Waals surface area contributed by atoms with E-state index < -0.39 is 24.0 Å². The fourth-order valence-corrected chi connectivity index (χ4v) is 2.87. The molecule has 0 radical (unpaired) electrons. The minimum atomic E-state index is -1.39. The number of aliphatic hydroxyl groups is 1. The fraction of sp³-hybridized carbons (Fsp3) is 0.467. The Morgan fingerprint density at radius 2 is 2.00 bits per heavy atom. The average molecular weight is 360 g/mol. The van der Waals surface area contributed by atoms with Crippen LogP contribution in [-0.2, 0) is 4.79 Å². The van der Waals surface area contributed by atoms with Gasteiger partial charge in [0, 0.05) is 22.4 Å². The van der Waals surface area contributed by atoms with Crippen molar-refractivity contribution >= 4 is 35.2 Å². The summed E-state index contributed by atoms with van der Waals surface area (Å²) in [4.78, 5) is 23.6. The second-order valence-corrected chi connectivity index (χ2v) is 7.01. The second-order valence-electron chi connectivity index (χ2n) is 5.49. The lowest BCUT2D eigenvalue weighted by atomic mass is 10.2. The van der Waals surface area contributed by atoms with Gasteiger partial charge in [0.15, 0.2) is 0 Å². The maximum absolute atomic E-state index is 11.8. The number of nitrogens with one attached hydrogen (secondary N) is 2. The normalized spacial score (nSPS) is 13.5. The van der Waals surface area contributed by atoms with Gasteiger partial charge in [-0.1, -0.05) is 31.5 Å². The van der Waals surface area contributed by atoms with E-state index in [1.807, 2.05) is 0 Å². The van der Waals surface area contributed by atoms with E-state index in [-0.39, 0.29) is 0 Å². The number of carbonyl (C=O) groups is 2. The number of aliphatic hydroxyl groups excluding tert-OH is 1. The lowest BCUT2D eigenvalue weighted by Crippen LogP contribution is -2.52. The molecule has 0 spiro atoms. The summed E-state index contributed by atoms with van der Waals surface area (Å²) < 4.78 is 0. The molecule has 1 unspecified atom stereocenters. The first-order valence-corrected chi connectivity index (χ1v) is 8.71. The van der Waals surface area contributed by atoms with Gasteiger partial charge in [-0.25, -0.2) is 0 Å². The molecule has 6 nitrogen and oxygen atoms in total. The van der Waals surface area contributed by atoms with Crippen LogP contribution in [0.15, 0.2) is 24.3 Å². The fourth-order valence-electron chi connectivity index (χ4n) is 1.62. The quantitative estimate of drug-likeness (QED) is 0.547. The van der Waals surface area contributed by atoms with Crippen LogP contribution >= 0.6 is 23.4 Å². The van der Waals surface area contributed by atoms with Crippen molar-refractivity contribution in [3.05, 3.63) is 34.9 Å². The first kappa shape index (κ1) is 19.8. The number of carbonyl (C=O) groups excluding carboxylic acids is 2.